The van der Waals surface area contributed by atoms with Gasteiger partial charge in [0.25, 0.3) is 0 Å². The number of hydrogen-bond acceptors (Lipinski definition) is 1. The Morgan fingerprint density at radius 2 is 1.73 bits per heavy atom. The van der Waals surface area contributed by atoms with Crippen LogP contribution in [0.25, 0.3) is 10.9 Å². The highest BCUT2D eigenvalue weighted by molar-refractivity contribution is 5.93. The van der Waals surface area contributed by atoms with Gasteiger partial charge in [0.1, 0.15) is 11.6 Å². The van der Waals surface area contributed by atoms with Crippen LogP contribution in [0, 0.1) is 11.6 Å². The van der Waals surface area contributed by atoms with E-state index in [0.29, 0.717) is 5.69 Å². The molecule has 3 nitrogen and oxygen atoms in total. The normalized spacial score (nSPS) is 12.1. The average molecular weight is 404 g/mol. The first-order valence-electron chi connectivity index (χ1n) is 9.94. The molecule has 0 saturated heterocycles. The minimum absolute atomic E-state index is 0.137. The molecule has 1 atom stereocenters. The maximum atomic E-state index is 14.0. The van der Waals surface area contributed by atoms with E-state index in [-0.39, 0.29) is 29.9 Å². The van der Waals surface area contributed by atoms with Gasteiger partial charge in [-0.15, -0.1) is 0 Å². The second kappa shape index (κ2) is 8.49. The zero-order chi connectivity index (χ0) is 21.1. The van der Waals surface area contributed by atoms with Gasteiger partial charge in [0, 0.05) is 41.7 Å². The van der Waals surface area contributed by atoms with Gasteiger partial charge in [-0.05, 0) is 60.5 Å². The lowest BCUT2D eigenvalue weighted by molar-refractivity contribution is -0.116. The van der Waals surface area contributed by atoms with E-state index >= 15 is 0 Å². The molecular formula is C25H22F2N2O. The molecule has 0 aliphatic rings. The number of fused-ring (bicyclic) bond motifs is 1. The van der Waals surface area contributed by atoms with E-state index in [0.717, 1.165) is 28.6 Å². The quantitative estimate of drug-likeness (QED) is 0.414. The lowest BCUT2D eigenvalue weighted by Gasteiger charge is -2.17. The summed E-state index contributed by atoms with van der Waals surface area (Å²) in [5.41, 5.74) is 3.32. The number of nitrogens with zero attached hydrogens (tertiary/aromatic N) is 1. The van der Waals surface area contributed by atoms with Gasteiger partial charge in [-0.3, -0.25) is 4.79 Å². The molecule has 1 heterocycles. The number of rotatable bonds is 6. The van der Waals surface area contributed by atoms with Crippen molar-refractivity contribution < 1.29 is 13.6 Å². The summed E-state index contributed by atoms with van der Waals surface area (Å²) in [5, 5.41) is 3.86. The Morgan fingerprint density at radius 1 is 0.967 bits per heavy atom. The number of benzene rings is 3. The molecule has 0 fully saturated rings. The third-order valence-electron chi connectivity index (χ3n) is 5.30. The predicted molar refractivity (Wildman–Crippen MR) is 116 cm³/mol. The van der Waals surface area contributed by atoms with Crippen molar-refractivity contribution in [1.29, 1.82) is 0 Å². The molecule has 30 heavy (non-hydrogen) atoms. The molecule has 4 rings (SSSR count). The molecule has 1 amide bonds. The summed E-state index contributed by atoms with van der Waals surface area (Å²) < 4.78 is 29.3. The first-order valence-corrected chi connectivity index (χ1v) is 9.94. The van der Waals surface area contributed by atoms with Crippen LogP contribution >= 0.6 is 0 Å². The molecule has 0 radical (unpaired) electrons. The Kier molecular flexibility index (Phi) is 5.61. The first-order chi connectivity index (χ1) is 14.5. The van der Waals surface area contributed by atoms with Crippen LogP contribution in [0.4, 0.5) is 14.5 Å². The lowest BCUT2D eigenvalue weighted by Crippen LogP contribution is -2.16. The van der Waals surface area contributed by atoms with E-state index < -0.39 is 0 Å². The van der Waals surface area contributed by atoms with Gasteiger partial charge in [-0.2, -0.15) is 0 Å². The zero-order valence-electron chi connectivity index (χ0n) is 16.6. The highest BCUT2D eigenvalue weighted by Gasteiger charge is 2.23. The summed E-state index contributed by atoms with van der Waals surface area (Å²) in [6.45, 7) is 2.85. The molecular weight excluding hydrogens is 382 g/mol. The summed E-state index contributed by atoms with van der Waals surface area (Å²) in [7, 11) is 0. The number of aryl methyl sites for hydroxylation is 1. The van der Waals surface area contributed by atoms with Gasteiger partial charge in [0.2, 0.25) is 5.91 Å². The van der Waals surface area contributed by atoms with Crippen molar-refractivity contribution in [2.45, 2.75) is 25.8 Å². The number of carbonyl (C=O) groups excluding carboxylic acids is 1. The van der Waals surface area contributed by atoms with Crippen molar-refractivity contribution in [1.82, 2.24) is 4.57 Å². The van der Waals surface area contributed by atoms with Gasteiger partial charge < -0.3 is 9.88 Å². The zero-order valence-corrected chi connectivity index (χ0v) is 16.6. The van der Waals surface area contributed by atoms with Crippen molar-refractivity contribution in [2.24, 2.45) is 0 Å². The van der Waals surface area contributed by atoms with Crippen LogP contribution in [0.1, 0.15) is 30.4 Å². The van der Waals surface area contributed by atoms with Gasteiger partial charge in [0.05, 0.1) is 0 Å². The number of nitrogens with one attached hydrogen (secondary N) is 1. The molecule has 0 bridgehead atoms. The summed E-state index contributed by atoms with van der Waals surface area (Å²) in [5.74, 6) is -1.24. The van der Waals surface area contributed by atoms with Crippen LogP contribution in [-0.2, 0) is 11.3 Å². The molecule has 1 aromatic heterocycles. The molecule has 1 unspecified atom stereocenters. The van der Waals surface area contributed by atoms with Crippen molar-refractivity contribution in [3.63, 3.8) is 0 Å². The van der Waals surface area contributed by atoms with Crippen LogP contribution in [0.15, 0.2) is 79.0 Å². The summed E-state index contributed by atoms with van der Waals surface area (Å²) in [4.78, 5) is 12.8. The van der Waals surface area contributed by atoms with Crippen LogP contribution in [0.5, 0.6) is 0 Å². The van der Waals surface area contributed by atoms with Gasteiger partial charge >= 0.3 is 0 Å². The number of amides is 1. The fraction of sp³-hybridized carbons (Fsp3) is 0.160. The molecule has 0 aliphatic heterocycles. The van der Waals surface area contributed by atoms with Crippen LogP contribution in [0.3, 0.4) is 0 Å². The Morgan fingerprint density at radius 3 is 2.47 bits per heavy atom. The topological polar surface area (TPSA) is 34.0 Å². The maximum absolute atomic E-state index is 14.0. The van der Waals surface area contributed by atoms with E-state index in [1.54, 1.807) is 6.07 Å². The van der Waals surface area contributed by atoms with E-state index in [1.165, 1.54) is 36.4 Å². The SMILES string of the molecule is CCn1cc(C(CC(=O)Nc2ccc(F)cc2)c2cccc(F)c2)c2ccccc21. The number of halogens is 2. The number of anilines is 1. The Balaban J connectivity index is 1.72. The molecule has 0 aliphatic carbocycles. The first kappa shape index (κ1) is 19.8. The smallest absolute Gasteiger partial charge is 0.225 e. The van der Waals surface area contributed by atoms with Crippen molar-refractivity contribution >= 4 is 22.5 Å². The van der Waals surface area contributed by atoms with E-state index in [1.807, 2.05) is 36.5 Å². The summed E-state index contributed by atoms with van der Waals surface area (Å²) >= 11 is 0. The largest absolute Gasteiger partial charge is 0.347 e. The molecule has 152 valence electrons. The van der Waals surface area contributed by atoms with Crippen molar-refractivity contribution in [2.75, 3.05) is 5.32 Å². The van der Waals surface area contributed by atoms with Crippen molar-refractivity contribution in [3.05, 3.63) is 102 Å². The minimum Gasteiger partial charge on any atom is -0.347 e. The fourth-order valence-corrected chi connectivity index (χ4v) is 3.88. The molecule has 0 spiro atoms. The second-order valence-corrected chi connectivity index (χ2v) is 7.25. The molecule has 5 heteroatoms. The minimum atomic E-state index is -0.363. The molecule has 3 aromatic carbocycles. The number of carbonyl (C=O) groups is 1. The third-order valence-corrected chi connectivity index (χ3v) is 5.30. The maximum Gasteiger partial charge on any atom is 0.225 e. The van der Waals surface area contributed by atoms with Crippen LogP contribution in [0.2, 0.25) is 0 Å². The van der Waals surface area contributed by atoms with Crippen LogP contribution < -0.4 is 5.32 Å². The number of hydrogen-bond donors (Lipinski definition) is 1. The van der Waals surface area contributed by atoms with Gasteiger partial charge in [0.15, 0.2) is 0 Å². The Labute approximate surface area is 174 Å². The number of aromatic nitrogens is 1. The summed E-state index contributed by atoms with van der Waals surface area (Å²) in [6, 6.07) is 20.0. The van der Waals surface area contributed by atoms with Gasteiger partial charge in [-0.25, -0.2) is 8.78 Å². The number of para-hydroxylation sites is 1. The molecule has 4 aromatic rings. The average Bonchev–Trinajstić information content (AvgIpc) is 3.12. The Bertz CT molecular complexity index is 1180. The second-order valence-electron chi connectivity index (χ2n) is 7.25. The molecule has 0 saturated carbocycles. The summed E-state index contributed by atoms with van der Waals surface area (Å²) in [6.07, 6.45) is 2.18. The van der Waals surface area contributed by atoms with Gasteiger partial charge in [-0.1, -0.05) is 30.3 Å². The predicted octanol–water partition coefficient (Wildman–Crippen LogP) is 6.10. The van der Waals surface area contributed by atoms with E-state index in [9.17, 15) is 13.6 Å². The fourth-order valence-electron chi connectivity index (χ4n) is 3.88. The van der Waals surface area contributed by atoms with E-state index in [4.69, 9.17) is 0 Å². The van der Waals surface area contributed by atoms with E-state index in [2.05, 4.69) is 16.8 Å². The van der Waals surface area contributed by atoms with Crippen LogP contribution in [-0.4, -0.2) is 10.5 Å². The highest BCUT2D eigenvalue weighted by atomic mass is 19.1. The molecule has 1 N–H and O–H groups in total. The Hall–Kier alpha value is -3.47. The highest BCUT2D eigenvalue weighted by Crippen LogP contribution is 2.35. The lowest BCUT2D eigenvalue weighted by atomic mass is 9.88. The standard InChI is InChI=1S/C25H22F2N2O/c1-2-29-16-23(21-8-3-4-9-24(21)29)22(17-6-5-7-19(27)14-17)15-25(30)28-20-12-10-18(26)11-13-20/h3-14,16,22H,2,15H2,1H3,(H,28,30). The monoisotopic (exact) mass is 404 g/mol. The van der Waals surface area contributed by atoms with Crippen molar-refractivity contribution in [3.8, 4) is 0 Å². The third kappa shape index (κ3) is 4.10.